The van der Waals surface area contributed by atoms with Crippen LogP contribution in [0.15, 0.2) is 42.2 Å². The molecule has 0 fully saturated rings. The average Bonchev–Trinajstić information content (AvgIpc) is 2.97. The summed E-state index contributed by atoms with van der Waals surface area (Å²) in [6.45, 7) is 6.55. The Kier molecular flexibility index (Phi) is 21.1. The molecule has 0 spiro atoms. The van der Waals surface area contributed by atoms with Gasteiger partial charge in [-0.1, -0.05) is 122 Å². The van der Waals surface area contributed by atoms with E-state index in [1.165, 1.54) is 0 Å². The number of ether oxygens (including phenoxy) is 4. The Morgan fingerprint density at radius 2 is 1.02 bits per heavy atom. The van der Waals surface area contributed by atoms with Crippen LogP contribution in [0.5, 0.6) is 11.5 Å². The second-order valence-corrected chi connectivity index (χ2v) is 20.9. The fourth-order valence-corrected chi connectivity index (χ4v) is 8.91. The Morgan fingerprint density at radius 1 is 0.605 bits per heavy atom. The summed E-state index contributed by atoms with van der Waals surface area (Å²) in [5.74, 6) is 1.41. The van der Waals surface area contributed by atoms with E-state index in [0.717, 1.165) is 45.4 Å². The van der Waals surface area contributed by atoms with E-state index >= 15 is 0 Å². The quantitative estimate of drug-likeness (QED) is 0.110. The summed E-state index contributed by atoms with van der Waals surface area (Å²) in [6.07, 6.45) is 0. The molecule has 0 N–H and O–H groups in total. The zero-order valence-electron chi connectivity index (χ0n) is 22.7. The lowest BCUT2D eigenvalue weighted by molar-refractivity contribution is 0.125. The topological polar surface area (TPSA) is 36.9 Å². The summed E-state index contributed by atoms with van der Waals surface area (Å²) in [4.78, 5) is 0.421. The molecule has 0 aliphatic heterocycles. The Labute approximate surface area is 355 Å². The van der Waals surface area contributed by atoms with E-state index in [2.05, 4.69) is 217 Å². The minimum atomic E-state index is -0.387. The van der Waals surface area contributed by atoms with E-state index in [1.54, 1.807) is 0 Å². The van der Waals surface area contributed by atoms with Crippen molar-refractivity contribution in [2.45, 2.75) is 48.6 Å². The van der Waals surface area contributed by atoms with Crippen LogP contribution in [0.3, 0.4) is 0 Å². The lowest BCUT2D eigenvalue weighted by Crippen LogP contribution is -2.27. The third kappa shape index (κ3) is 13.1. The van der Waals surface area contributed by atoms with Gasteiger partial charge in [-0.3, -0.25) is 0 Å². The molecule has 6 atom stereocenters. The SMILES string of the molecule is CC(C)(c1ccc(OC(Br)C(Br)COCC(Br)CBr)cc1)c1c(Br)c(Br)c(OC(Br)C(Br)COCC(Br)CBr)c(Br)c1Br. The van der Waals surface area contributed by atoms with Crippen LogP contribution in [0.25, 0.3) is 0 Å². The molecule has 0 saturated carbocycles. The van der Waals surface area contributed by atoms with Gasteiger partial charge in [-0.2, -0.15) is 0 Å². The summed E-state index contributed by atoms with van der Waals surface area (Å²) in [6, 6.07) is 8.14. The van der Waals surface area contributed by atoms with Gasteiger partial charge in [-0.05, 0) is 119 Å². The highest BCUT2D eigenvalue weighted by Crippen LogP contribution is 2.52. The third-order valence-electron chi connectivity index (χ3n) is 5.96. The minimum Gasteiger partial charge on any atom is -0.478 e. The van der Waals surface area contributed by atoms with Gasteiger partial charge in [0.15, 0.2) is 15.8 Å². The molecule has 0 saturated heterocycles. The molecule has 0 bridgehead atoms. The van der Waals surface area contributed by atoms with E-state index < -0.39 is 0 Å². The molecule has 4 nitrogen and oxygen atoms in total. The molecule has 0 heterocycles. The first kappa shape index (κ1) is 42.9. The summed E-state index contributed by atoms with van der Waals surface area (Å²) in [5, 5.41) is 1.04. The smallest absolute Gasteiger partial charge is 0.168 e. The van der Waals surface area contributed by atoms with Crippen LogP contribution in [0.4, 0.5) is 0 Å². The Balaban J connectivity index is 2.18. The van der Waals surface area contributed by atoms with Crippen molar-refractivity contribution in [2.24, 2.45) is 0 Å². The van der Waals surface area contributed by atoms with Crippen LogP contribution < -0.4 is 9.47 Å². The lowest BCUT2D eigenvalue weighted by Gasteiger charge is -2.31. The highest BCUT2D eigenvalue weighted by molar-refractivity contribution is 9.14. The average molecular weight is 1380 g/mol. The number of rotatable bonds is 18. The first-order chi connectivity index (χ1) is 20.1. The van der Waals surface area contributed by atoms with Crippen LogP contribution >= 0.6 is 191 Å². The molecule has 2 rings (SSSR count). The van der Waals surface area contributed by atoms with Crippen LogP contribution in [0, 0.1) is 0 Å². The number of alkyl halides is 8. The molecule has 16 heteroatoms. The predicted octanol–water partition coefficient (Wildman–Crippen LogP) is 13.1. The number of hydrogen-bond acceptors (Lipinski definition) is 4. The first-order valence-corrected chi connectivity index (χ1v) is 23.5. The molecule has 2 aromatic rings. The van der Waals surface area contributed by atoms with Crippen LogP contribution in [0.2, 0.25) is 0 Å². The summed E-state index contributed by atoms with van der Waals surface area (Å²) in [7, 11) is 0. The molecule has 0 aliphatic rings. The van der Waals surface area contributed by atoms with Gasteiger partial charge in [0.2, 0.25) is 0 Å². The zero-order valence-corrected chi connectivity index (χ0v) is 41.7. The van der Waals surface area contributed by atoms with Gasteiger partial charge in [0, 0.05) is 34.7 Å². The summed E-state index contributed by atoms with van der Waals surface area (Å²) in [5.41, 5.74) is 1.78. The highest BCUT2D eigenvalue weighted by Gasteiger charge is 2.33. The molecular formula is C27H28Br12O4. The van der Waals surface area contributed by atoms with Crippen molar-refractivity contribution >= 4 is 191 Å². The van der Waals surface area contributed by atoms with Crippen molar-refractivity contribution in [1.29, 1.82) is 0 Å². The maximum atomic E-state index is 6.35. The number of hydrogen-bond donors (Lipinski definition) is 0. The van der Waals surface area contributed by atoms with Crippen molar-refractivity contribution in [3.8, 4) is 11.5 Å². The van der Waals surface area contributed by atoms with E-state index in [-0.39, 0.29) is 34.8 Å². The van der Waals surface area contributed by atoms with E-state index in [0.29, 0.717) is 32.2 Å². The third-order valence-corrected chi connectivity index (χ3v) is 19.2. The second kappa shape index (κ2) is 21.2. The van der Waals surface area contributed by atoms with Gasteiger partial charge in [-0.15, -0.1) is 0 Å². The number of benzene rings is 2. The molecule has 0 aromatic heterocycles. The van der Waals surface area contributed by atoms with Gasteiger partial charge < -0.3 is 18.9 Å². The van der Waals surface area contributed by atoms with Crippen molar-refractivity contribution < 1.29 is 18.9 Å². The summed E-state index contributed by atoms with van der Waals surface area (Å²) < 4.78 is 27.4. The van der Waals surface area contributed by atoms with Crippen molar-refractivity contribution in [3.63, 3.8) is 0 Å². The molecule has 6 unspecified atom stereocenters. The van der Waals surface area contributed by atoms with Crippen molar-refractivity contribution in [3.05, 3.63) is 53.3 Å². The maximum absolute atomic E-state index is 6.35. The second-order valence-electron chi connectivity index (χ2n) is 9.66. The monoisotopic (exact) mass is 1360 g/mol. The van der Waals surface area contributed by atoms with Crippen molar-refractivity contribution in [1.82, 2.24) is 0 Å². The fourth-order valence-electron chi connectivity index (χ4n) is 3.61. The molecule has 0 aliphatic carbocycles. The molecule has 244 valence electrons. The Bertz CT molecular complexity index is 1120. The maximum Gasteiger partial charge on any atom is 0.168 e. The van der Waals surface area contributed by atoms with Crippen molar-refractivity contribution in [2.75, 3.05) is 37.1 Å². The van der Waals surface area contributed by atoms with Crippen LogP contribution in [-0.4, -0.2) is 66.4 Å². The molecule has 0 amide bonds. The van der Waals surface area contributed by atoms with Crippen LogP contribution in [-0.2, 0) is 14.9 Å². The molecule has 0 radical (unpaired) electrons. The lowest BCUT2D eigenvalue weighted by atomic mass is 9.78. The van der Waals surface area contributed by atoms with E-state index in [4.69, 9.17) is 18.9 Å². The standard InChI is InChI=1S/C27H28Br12O4/c1-27(2,13-3-5-16(6-4-13)42-25(38)17(32)11-40-9-14(30)7-28)19-20(34)22(36)24(23(37)21(19)35)43-26(39)18(33)12-41-10-15(31)8-29/h3-6,14-15,17-18,25-26H,7-12H2,1-2H3. The minimum absolute atomic E-state index is 0.0200. The molecule has 43 heavy (non-hydrogen) atoms. The van der Waals surface area contributed by atoms with Gasteiger partial charge in [0.05, 0.1) is 45.0 Å². The van der Waals surface area contributed by atoms with E-state index in [1.807, 2.05) is 12.1 Å². The Morgan fingerprint density at radius 3 is 1.44 bits per heavy atom. The first-order valence-electron chi connectivity index (χ1n) is 12.6. The molecule has 2 aromatic carbocycles. The van der Waals surface area contributed by atoms with Gasteiger partial charge in [-0.25, -0.2) is 0 Å². The molecular weight excluding hydrogens is 1350 g/mol. The normalized spacial score (nSPS) is 16.3. The Hall–Kier alpha value is 3.72. The number of halogens is 12. The zero-order chi connectivity index (χ0) is 32.5. The van der Waals surface area contributed by atoms with Gasteiger partial charge in [0.1, 0.15) is 5.75 Å². The van der Waals surface area contributed by atoms with Crippen LogP contribution in [0.1, 0.15) is 25.0 Å². The largest absolute Gasteiger partial charge is 0.478 e. The van der Waals surface area contributed by atoms with Gasteiger partial charge in [0.25, 0.3) is 0 Å². The fraction of sp³-hybridized carbons (Fsp3) is 0.556. The van der Waals surface area contributed by atoms with E-state index in [9.17, 15) is 0 Å². The summed E-state index contributed by atoms with van der Waals surface area (Å²) >= 11 is 43.8. The highest BCUT2D eigenvalue weighted by atomic mass is 79.9. The van der Waals surface area contributed by atoms with Gasteiger partial charge >= 0.3 is 0 Å². The predicted molar refractivity (Wildman–Crippen MR) is 223 cm³/mol.